The van der Waals surface area contributed by atoms with Crippen molar-refractivity contribution in [2.24, 2.45) is 0 Å². The van der Waals surface area contributed by atoms with Gasteiger partial charge in [-0.3, -0.25) is 0 Å². The third-order valence-corrected chi connectivity index (χ3v) is 8.68. The van der Waals surface area contributed by atoms with Gasteiger partial charge in [-0.05, 0) is 91.0 Å². The van der Waals surface area contributed by atoms with E-state index in [1.54, 1.807) is 12.1 Å². The van der Waals surface area contributed by atoms with Crippen molar-refractivity contribution in [1.82, 2.24) is 0 Å². The number of benzene rings is 8. The van der Waals surface area contributed by atoms with Crippen LogP contribution in [0.1, 0.15) is 11.0 Å². The first-order valence-electron chi connectivity index (χ1n) is 18.4. The largest absolute Gasteiger partial charge is 0.452 e. The maximum absolute atomic E-state index is 9.30. The minimum atomic E-state index is -0.439. The third-order valence-electron chi connectivity index (χ3n) is 8.68. The number of fused-ring (bicyclic) bond motifs is 10. The standard InChI is InChI=1S/C42H24O2/c1-2-10-26-23-27(18-17-25(26)9-1)39-30-12-3-5-14-32(30)40(33-15-6-4-13-31(33)39)28-19-22-38-36(24-28)35-21-20-34-29-11-7-8-16-37(29)43-41(34)42(35)44-38/h1-24H/i3D,4D,5D,6D,12D,13D,14D,15D. The molecule has 8 aromatic carbocycles. The van der Waals surface area contributed by atoms with Crippen LogP contribution in [0.2, 0.25) is 0 Å². The highest BCUT2D eigenvalue weighted by Crippen LogP contribution is 2.46. The van der Waals surface area contributed by atoms with Gasteiger partial charge in [0.05, 0.1) is 11.0 Å². The lowest BCUT2D eigenvalue weighted by atomic mass is 9.85. The summed E-state index contributed by atoms with van der Waals surface area (Å²) in [6.07, 6.45) is 0. The van der Waals surface area contributed by atoms with Gasteiger partial charge >= 0.3 is 0 Å². The Bertz CT molecular complexity index is 3150. The van der Waals surface area contributed by atoms with Gasteiger partial charge in [0.1, 0.15) is 11.2 Å². The molecule has 2 nitrogen and oxygen atoms in total. The van der Waals surface area contributed by atoms with Crippen LogP contribution in [0, 0.1) is 0 Å². The molecule has 204 valence electrons. The van der Waals surface area contributed by atoms with Crippen LogP contribution in [-0.2, 0) is 0 Å². The van der Waals surface area contributed by atoms with Gasteiger partial charge in [-0.2, -0.15) is 0 Å². The van der Waals surface area contributed by atoms with E-state index in [-0.39, 0.29) is 51.3 Å². The van der Waals surface area contributed by atoms with Crippen molar-refractivity contribution in [3.8, 4) is 22.3 Å². The zero-order valence-corrected chi connectivity index (χ0v) is 23.1. The van der Waals surface area contributed by atoms with Crippen molar-refractivity contribution in [2.45, 2.75) is 0 Å². The highest BCUT2D eigenvalue weighted by atomic mass is 16.4. The van der Waals surface area contributed by atoms with Crippen LogP contribution in [-0.4, -0.2) is 0 Å². The SMILES string of the molecule is [2H]c1c([2H])c([2H])c2c(-c3ccc4oc5c(ccc6c7ccccc7oc65)c4c3)c3c([2H])c([2H])c([2H])c([2H])c3c(-c3ccc4ccccc4c3)c2c1[2H]. The van der Waals surface area contributed by atoms with Gasteiger partial charge < -0.3 is 8.83 Å². The molecule has 2 aromatic heterocycles. The second kappa shape index (κ2) is 8.82. The topological polar surface area (TPSA) is 26.3 Å². The Morgan fingerprint density at radius 1 is 0.386 bits per heavy atom. The summed E-state index contributed by atoms with van der Waals surface area (Å²) in [6.45, 7) is 0. The highest BCUT2D eigenvalue weighted by Gasteiger charge is 2.19. The summed E-state index contributed by atoms with van der Waals surface area (Å²) in [4.78, 5) is 0. The molecule has 0 N–H and O–H groups in total. The number of rotatable bonds is 2. The third kappa shape index (κ3) is 3.25. The lowest BCUT2D eigenvalue weighted by Gasteiger charge is -2.18. The molecular weight excluding hydrogens is 536 g/mol. The minimum absolute atomic E-state index is 0.165. The molecular formula is C42H24O2. The summed E-state index contributed by atoms with van der Waals surface area (Å²) in [7, 11) is 0. The molecule has 0 unspecified atom stereocenters. The zero-order chi connectivity index (χ0) is 35.7. The summed E-state index contributed by atoms with van der Waals surface area (Å²) in [5, 5.41) is 5.89. The van der Waals surface area contributed by atoms with Crippen molar-refractivity contribution in [1.29, 1.82) is 0 Å². The summed E-state index contributed by atoms with van der Waals surface area (Å²) in [6, 6.07) is 27.6. The fourth-order valence-corrected chi connectivity index (χ4v) is 6.72. The van der Waals surface area contributed by atoms with Gasteiger partial charge in [0.2, 0.25) is 0 Å². The predicted octanol–water partition coefficient (Wildman–Crippen LogP) is 12.3. The monoisotopic (exact) mass is 568 g/mol. The molecule has 0 saturated heterocycles. The first-order valence-corrected chi connectivity index (χ1v) is 14.4. The van der Waals surface area contributed by atoms with Crippen molar-refractivity contribution >= 4 is 76.2 Å². The van der Waals surface area contributed by atoms with Gasteiger partial charge in [0.15, 0.2) is 11.2 Å². The maximum atomic E-state index is 9.30. The first kappa shape index (κ1) is 17.3. The molecule has 10 aromatic rings. The van der Waals surface area contributed by atoms with Crippen LogP contribution in [0.5, 0.6) is 0 Å². The Morgan fingerprint density at radius 2 is 0.909 bits per heavy atom. The van der Waals surface area contributed by atoms with E-state index in [9.17, 15) is 5.48 Å². The van der Waals surface area contributed by atoms with Gasteiger partial charge in [0.25, 0.3) is 0 Å². The number of hydrogen-bond donors (Lipinski definition) is 0. The van der Waals surface area contributed by atoms with Crippen LogP contribution in [0.4, 0.5) is 0 Å². The normalized spacial score (nSPS) is 14.6. The second-order valence-electron chi connectivity index (χ2n) is 11.0. The van der Waals surface area contributed by atoms with Crippen LogP contribution in [0.3, 0.4) is 0 Å². The van der Waals surface area contributed by atoms with E-state index in [1.165, 1.54) is 0 Å². The molecule has 0 amide bonds. The van der Waals surface area contributed by atoms with E-state index in [2.05, 4.69) is 0 Å². The van der Waals surface area contributed by atoms with E-state index >= 15 is 0 Å². The molecule has 2 heterocycles. The number of para-hydroxylation sites is 1. The summed E-state index contributed by atoms with van der Waals surface area (Å²) in [5.74, 6) is 0. The molecule has 0 aliphatic heterocycles. The fourth-order valence-electron chi connectivity index (χ4n) is 6.72. The molecule has 0 saturated carbocycles. The van der Waals surface area contributed by atoms with Gasteiger partial charge in [-0.1, -0.05) is 109 Å². The van der Waals surface area contributed by atoms with E-state index in [1.807, 2.05) is 84.9 Å². The first-order chi connectivity index (χ1) is 25.1. The van der Waals surface area contributed by atoms with E-state index in [0.29, 0.717) is 33.4 Å². The smallest absolute Gasteiger partial charge is 0.178 e. The molecule has 0 spiro atoms. The number of hydrogen-bond acceptors (Lipinski definition) is 2. The van der Waals surface area contributed by atoms with Crippen molar-refractivity contribution in [3.05, 3.63) is 145 Å². The van der Waals surface area contributed by atoms with Crippen LogP contribution in [0.15, 0.2) is 154 Å². The van der Waals surface area contributed by atoms with Gasteiger partial charge in [0, 0.05) is 21.5 Å². The molecule has 0 radical (unpaired) electrons. The van der Waals surface area contributed by atoms with Gasteiger partial charge in [-0.25, -0.2) is 0 Å². The van der Waals surface area contributed by atoms with Crippen LogP contribution in [0.25, 0.3) is 98.4 Å². The molecule has 44 heavy (non-hydrogen) atoms. The average Bonchev–Trinajstić information content (AvgIpc) is 3.74. The minimum Gasteiger partial charge on any atom is -0.452 e. The lowest BCUT2D eigenvalue weighted by Crippen LogP contribution is -1.91. The number of furan rings is 2. The van der Waals surface area contributed by atoms with Crippen molar-refractivity contribution in [3.63, 3.8) is 0 Å². The van der Waals surface area contributed by atoms with E-state index < -0.39 is 24.2 Å². The van der Waals surface area contributed by atoms with E-state index in [0.717, 1.165) is 37.9 Å². The summed E-state index contributed by atoms with van der Waals surface area (Å²) < 4.78 is 84.7. The van der Waals surface area contributed by atoms with Crippen molar-refractivity contribution < 1.29 is 19.8 Å². The highest BCUT2D eigenvalue weighted by molar-refractivity contribution is 6.23. The fraction of sp³-hybridized carbons (Fsp3) is 0. The summed E-state index contributed by atoms with van der Waals surface area (Å²) in [5.41, 5.74) is 4.16. The quantitative estimate of drug-likeness (QED) is 0.194. The Kier molecular flexibility index (Phi) is 3.47. The molecule has 0 fully saturated rings. The molecule has 0 bridgehead atoms. The predicted molar refractivity (Wildman–Crippen MR) is 184 cm³/mol. The van der Waals surface area contributed by atoms with Crippen LogP contribution >= 0.6 is 0 Å². The van der Waals surface area contributed by atoms with Crippen LogP contribution < -0.4 is 0 Å². The molecule has 0 aliphatic rings. The van der Waals surface area contributed by atoms with Gasteiger partial charge in [-0.15, -0.1) is 0 Å². The Morgan fingerprint density at radius 3 is 1.59 bits per heavy atom. The Balaban J connectivity index is 1.39. The zero-order valence-electron chi connectivity index (χ0n) is 31.1. The average molecular weight is 569 g/mol. The second-order valence-corrected chi connectivity index (χ2v) is 11.0. The Labute approximate surface area is 263 Å². The lowest BCUT2D eigenvalue weighted by molar-refractivity contribution is 0.633. The summed E-state index contributed by atoms with van der Waals surface area (Å²) >= 11 is 0. The van der Waals surface area contributed by atoms with Crippen molar-refractivity contribution in [2.75, 3.05) is 0 Å². The maximum Gasteiger partial charge on any atom is 0.178 e. The molecule has 10 rings (SSSR count). The molecule has 2 heteroatoms. The molecule has 0 aliphatic carbocycles. The van der Waals surface area contributed by atoms with E-state index in [4.69, 9.17) is 14.3 Å². The molecule has 0 atom stereocenters. The Hall–Kier alpha value is -5.86.